The minimum absolute atomic E-state index is 0.585. The first-order chi connectivity index (χ1) is 8.99. The molecule has 2 aromatic rings. The third kappa shape index (κ3) is 3.50. The summed E-state index contributed by atoms with van der Waals surface area (Å²) < 4.78 is 37.3. The minimum atomic E-state index is -4.26. The van der Waals surface area contributed by atoms with Crippen molar-refractivity contribution in [2.24, 2.45) is 0 Å². The van der Waals surface area contributed by atoms with E-state index >= 15 is 0 Å². The average molecular weight is 261 g/mol. The van der Waals surface area contributed by atoms with Crippen molar-refractivity contribution >= 4 is 24.3 Å². The smallest absolute Gasteiger partial charge is 0.212 e. The zero-order valence-corrected chi connectivity index (χ0v) is 10.5. The molecule has 0 heterocycles. The first-order valence-electron chi connectivity index (χ1n) is 6.16. The van der Waals surface area contributed by atoms with Crippen molar-refractivity contribution in [3.8, 4) is 0 Å². The molecular weight excluding hydrogens is 248 g/mol. The van der Waals surface area contributed by atoms with E-state index < -0.39 is 19.0 Å². The highest BCUT2D eigenvalue weighted by Gasteiger charge is 2.29. The molecule has 19 heavy (non-hydrogen) atoms. The summed E-state index contributed by atoms with van der Waals surface area (Å²) in [5, 5.41) is 0. The molecule has 0 saturated heterocycles. The van der Waals surface area contributed by atoms with Crippen LogP contribution in [0.1, 0.15) is 11.1 Å². The first-order valence-corrected chi connectivity index (χ1v) is 6.16. The Bertz CT molecular complexity index is 553. The van der Waals surface area contributed by atoms with Gasteiger partial charge in [0, 0.05) is 7.28 Å². The second kappa shape index (κ2) is 5.35. The van der Waals surface area contributed by atoms with Gasteiger partial charge in [-0.3, -0.25) is 0 Å². The third-order valence-corrected chi connectivity index (χ3v) is 3.27. The van der Waals surface area contributed by atoms with Gasteiger partial charge in [0.25, 0.3) is 0 Å². The van der Waals surface area contributed by atoms with Crippen LogP contribution < -0.4 is 10.9 Å². The van der Waals surface area contributed by atoms with Gasteiger partial charge in [0.05, 0.1) is 5.56 Å². The molecule has 0 aliphatic carbocycles. The molecule has 2 aromatic carbocycles. The molecule has 0 bridgehead atoms. The summed E-state index contributed by atoms with van der Waals surface area (Å²) in [4.78, 5) is 0. The molecule has 0 atom stereocenters. The van der Waals surface area contributed by atoms with E-state index in [1.807, 2.05) is 24.3 Å². The van der Waals surface area contributed by atoms with Crippen LogP contribution in [0.3, 0.4) is 0 Å². The van der Waals surface area contributed by atoms with Crippen LogP contribution in [-0.2, 0) is 6.18 Å². The molecular formula is C15H13BF3-. The summed E-state index contributed by atoms with van der Waals surface area (Å²) in [7, 11) is -0.585. The molecule has 0 saturated carbocycles. The van der Waals surface area contributed by atoms with Crippen LogP contribution in [-0.4, -0.2) is 7.28 Å². The Labute approximate surface area is 110 Å². The Balaban J connectivity index is 2.12. The van der Waals surface area contributed by atoms with Crippen LogP contribution in [0.5, 0.6) is 0 Å². The van der Waals surface area contributed by atoms with Crippen molar-refractivity contribution in [3.63, 3.8) is 0 Å². The Morgan fingerprint density at radius 1 is 0.842 bits per heavy atom. The third-order valence-electron chi connectivity index (χ3n) is 3.27. The van der Waals surface area contributed by atoms with Gasteiger partial charge in [-0.05, 0) is 5.56 Å². The average Bonchev–Trinajstić information content (AvgIpc) is 2.39. The summed E-state index contributed by atoms with van der Waals surface area (Å²) >= 11 is 0. The van der Waals surface area contributed by atoms with E-state index in [-0.39, 0.29) is 0 Å². The fourth-order valence-corrected chi connectivity index (χ4v) is 2.11. The molecule has 0 nitrogen and oxygen atoms in total. The molecule has 0 spiro atoms. The fraction of sp³-hybridized carbons (Fsp3) is 0.0667. The van der Waals surface area contributed by atoms with E-state index in [0.717, 1.165) is 23.2 Å². The largest absolute Gasteiger partial charge is 0.416 e. The number of hydrogen-bond acceptors (Lipinski definition) is 0. The summed E-state index contributed by atoms with van der Waals surface area (Å²) in [5.74, 6) is 0. The maximum absolute atomic E-state index is 12.4. The van der Waals surface area contributed by atoms with Crippen LogP contribution in [0.25, 0.3) is 6.08 Å². The second-order valence-electron chi connectivity index (χ2n) is 4.73. The molecule has 2 rings (SSSR count). The molecule has 0 aliphatic heterocycles. The number of alkyl halides is 3. The quantitative estimate of drug-likeness (QED) is 0.744. The van der Waals surface area contributed by atoms with Crippen LogP contribution in [0.2, 0.25) is 0 Å². The molecule has 0 unspecified atom stereocenters. The zero-order valence-electron chi connectivity index (χ0n) is 10.5. The lowest BCUT2D eigenvalue weighted by Gasteiger charge is -2.12. The molecule has 4 heteroatoms. The summed E-state index contributed by atoms with van der Waals surface area (Å²) in [6, 6.07) is 13.4. The molecule has 0 aromatic heterocycles. The van der Waals surface area contributed by atoms with Crippen LogP contribution in [0, 0.1) is 0 Å². The van der Waals surface area contributed by atoms with Crippen LogP contribution >= 0.6 is 0 Å². The topological polar surface area (TPSA) is 0 Å². The van der Waals surface area contributed by atoms with Gasteiger partial charge in [-0.2, -0.15) is 13.2 Å². The molecule has 0 fully saturated rings. The monoisotopic (exact) mass is 261 g/mol. The lowest BCUT2D eigenvalue weighted by molar-refractivity contribution is -0.137. The van der Waals surface area contributed by atoms with E-state index in [9.17, 15) is 13.2 Å². The highest BCUT2D eigenvalue weighted by molar-refractivity contribution is 6.67. The zero-order chi connectivity index (χ0) is 13.9. The number of halogens is 3. The van der Waals surface area contributed by atoms with Gasteiger partial charge in [0.1, 0.15) is 0 Å². The lowest BCUT2D eigenvalue weighted by Crippen LogP contribution is -2.27. The minimum Gasteiger partial charge on any atom is -0.212 e. The van der Waals surface area contributed by atoms with E-state index in [1.165, 1.54) is 5.46 Å². The van der Waals surface area contributed by atoms with Crippen molar-refractivity contribution in [2.75, 3.05) is 0 Å². The van der Waals surface area contributed by atoms with E-state index in [4.69, 9.17) is 0 Å². The van der Waals surface area contributed by atoms with Gasteiger partial charge in [-0.15, -0.1) is 0 Å². The standard InChI is InChI=1S/C15H13BF3/c1-2-11-3-7-13(8-4-11)16-14-9-5-12(6-10-14)15(17,18)19/h2-10H,1,16H2/q-1. The summed E-state index contributed by atoms with van der Waals surface area (Å²) in [6.07, 6.45) is -2.49. The molecule has 98 valence electrons. The molecule has 0 amide bonds. The number of hydrogen-bond donors (Lipinski definition) is 0. The van der Waals surface area contributed by atoms with E-state index in [2.05, 4.69) is 6.58 Å². The highest BCUT2D eigenvalue weighted by Crippen LogP contribution is 2.28. The first kappa shape index (κ1) is 13.5. The predicted molar refractivity (Wildman–Crippen MR) is 75.8 cm³/mol. The van der Waals surface area contributed by atoms with E-state index in [1.54, 1.807) is 18.2 Å². The van der Waals surface area contributed by atoms with Gasteiger partial charge in [0.15, 0.2) is 0 Å². The normalized spacial score (nSPS) is 11.3. The SMILES string of the molecule is C=Cc1ccc([BH2-]c2ccc(C(F)(F)F)cc2)cc1. The van der Waals surface area contributed by atoms with Crippen molar-refractivity contribution in [1.82, 2.24) is 0 Å². The van der Waals surface area contributed by atoms with Crippen molar-refractivity contribution < 1.29 is 13.2 Å². The Kier molecular flexibility index (Phi) is 3.79. The van der Waals surface area contributed by atoms with Crippen LogP contribution in [0.4, 0.5) is 13.2 Å². The van der Waals surface area contributed by atoms with Crippen LogP contribution in [0.15, 0.2) is 55.1 Å². The van der Waals surface area contributed by atoms with Gasteiger partial charge in [0.2, 0.25) is 0 Å². The summed E-state index contributed by atoms with van der Waals surface area (Å²) in [5.41, 5.74) is 2.62. The van der Waals surface area contributed by atoms with Crippen molar-refractivity contribution in [2.45, 2.75) is 6.18 Å². The Morgan fingerprint density at radius 2 is 1.32 bits per heavy atom. The molecule has 0 N–H and O–H groups in total. The second-order valence-corrected chi connectivity index (χ2v) is 4.73. The summed E-state index contributed by atoms with van der Waals surface area (Å²) in [6.45, 7) is 3.68. The van der Waals surface area contributed by atoms with Crippen molar-refractivity contribution in [1.29, 1.82) is 0 Å². The fourth-order valence-electron chi connectivity index (χ4n) is 2.11. The Morgan fingerprint density at radius 3 is 1.74 bits per heavy atom. The predicted octanol–water partition coefficient (Wildman–Crippen LogP) is 2.47. The van der Waals surface area contributed by atoms with Crippen molar-refractivity contribution in [3.05, 3.63) is 66.2 Å². The lowest BCUT2D eigenvalue weighted by atomic mass is 9.64. The van der Waals surface area contributed by atoms with Gasteiger partial charge in [-0.1, -0.05) is 61.2 Å². The maximum atomic E-state index is 12.4. The van der Waals surface area contributed by atoms with Gasteiger partial charge < -0.3 is 0 Å². The Hall–Kier alpha value is -1.97. The molecule has 0 radical (unpaired) electrons. The van der Waals surface area contributed by atoms with Gasteiger partial charge in [-0.25, -0.2) is 10.9 Å². The van der Waals surface area contributed by atoms with E-state index in [0.29, 0.717) is 0 Å². The number of benzene rings is 2. The number of rotatable bonds is 3. The van der Waals surface area contributed by atoms with Gasteiger partial charge >= 0.3 is 6.18 Å². The maximum Gasteiger partial charge on any atom is 0.416 e. The molecule has 0 aliphatic rings. The highest BCUT2D eigenvalue weighted by atomic mass is 19.4.